The largest absolute Gasteiger partial charge is 0.488 e. The first-order valence-electron chi connectivity index (χ1n) is 20.7. The van der Waals surface area contributed by atoms with Crippen LogP contribution in [0.5, 0.6) is 5.75 Å². The Labute approximate surface area is 344 Å². The van der Waals surface area contributed by atoms with Crippen molar-refractivity contribution in [3.8, 4) is 39.4 Å². The lowest BCUT2D eigenvalue weighted by Gasteiger charge is -2.33. The number of alkyl carbamates (subject to hydrolysis) is 1. The van der Waals surface area contributed by atoms with Crippen molar-refractivity contribution in [1.82, 2.24) is 35.1 Å². The third-order valence-electron chi connectivity index (χ3n) is 11.9. The summed E-state index contributed by atoms with van der Waals surface area (Å²) in [5.74, 6) is 2.22. The third-order valence-corrected chi connectivity index (χ3v) is 11.9. The summed E-state index contributed by atoms with van der Waals surface area (Å²) in [4.78, 5) is 59.3. The van der Waals surface area contributed by atoms with Crippen LogP contribution in [-0.2, 0) is 37.0 Å². The number of imidazole rings is 2. The Balaban J connectivity index is 0.974. The Hall–Kier alpha value is -5.73. The second-order valence-corrected chi connectivity index (χ2v) is 15.8. The molecule has 3 N–H and O–H groups in total. The van der Waals surface area contributed by atoms with Crippen molar-refractivity contribution >= 4 is 28.7 Å². The molecule has 3 aliphatic heterocycles. The molecule has 0 spiro atoms. The van der Waals surface area contributed by atoms with Crippen LogP contribution >= 0.6 is 0 Å². The normalized spacial score (nSPS) is 17.5. The van der Waals surface area contributed by atoms with E-state index in [1.54, 1.807) is 18.2 Å². The molecule has 8 rings (SSSR count). The highest BCUT2D eigenvalue weighted by atomic mass is 16.5. The summed E-state index contributed by atoms with van der Waals surface area (Å²) in [5.41, 5.74) is 6.95. The van der Waals surface area contributed by atoms with Crippen LogP contribution < -0.4 is 10.1 Å². The van der Waals surface area contributed by atoms with E-state index < -0.39 is 12.1 Å². The van der Waals surface area contributed by atoms with Crippen molar-refractivity contribution in [2.24, 2.45) is 5.92 Å². The standard InChI is InChI=1S/C45H53N7O7/c1-5-16-51(44(54)41(50-45(55)57-4)28-14-18-58-19-15-28)25-39-46-23-36(48-39)31-9-11-33-32(22-31)26-59-42-34-12-10-30(21-29(34)8-13-35(33)42)37-24-47-43(49-37)38-7-6-17-52(38)40(53)20-27(2)56-3/h8-13,21-24,27-28,38,41H,5-7,14-20,25-26H2,1-4H3,(H,46,48)(H,47,49)(H,50,55)/t27-,38+,41+/m1/s1. The Bertz CT molecular complexity index is 2310. The minimum atomic E-state index is -0.706. The summed E-state index contributed by atoms with van der Waals surface area (Å²) in [7, 11) is 2.94. The maximum absolute atomic E-state index is 13.9. The van der Waals surface area contributed by atoms with E-state index in [0.29, 0.717) is 51.5 Å². The predicted molar refractivity (Wildman–Crippen MR) is 222 cm³/mol. The second-order valence-electron chi connectivity index (χ2n) is 15.8. The molecule has 5 aromatic rings. The lowest BCUT2D eigenvalue weighted by atomic mass is 9.90. The number of likely N-dealkylation sites (tertiary alicyclic amines) is 1. The molecule has 0 saturated carbocycles. The molecule has 0 radical (unpaired) electrons. The first kappa shape index (κ1) is 40.1. The number of ether oxygens (including phenoxy) is 4. The molecule has 14 heteroatoms. The highest BCUT2D eigenvalue weighted by Crippen LogP contribution is 2.44. The summed E-state index contributed by atoms with van der Waals surface area (Å²) >= 11 is 0. The Morgan fingerprint density at radius 3 is 2.53 bits per heavy atom. The number of carbonyl (C=O) groups excluding carboxylic acids is 3. The fourth-order valence-electron chi connectivity index (χ4n) is 8.70. The van der Waals surface area contributed by atoms with Gasteiger partial charge >= 0.3 is 6.09 Å². The number of methoxy groups -OCH3 is 2. The highest BCUT2D eigenvalue weighted by Gasteiger charge is 2.35. The fraction of sp³-hybridized carbons (Fsp3) is 0.444. The van der Waals surface area contributed by atoms with Crippen LogP contribution in [-0.4, -0.2) is 100 Å². The summed E-state index contributed by atoms with van der Waals surface area (Å²) in [5, 5.41) is 4.89. The maximum atomic E-state index is 13.9. The molecule has 5 heterocycles. The molecule has 3 amide bonds. The van der Waals surface area contributed by atoms with Gasteiger partial charge < -0.3 is 44.0 Å². The van der Waals surface area contributed by atoms with E-state index >= 15 is 0 Å². The number of benzene rings is 3. The van der Waals surface area contributed by atoms with Crippen LogP contribution in [0.1, 0.15) is 75.6 Å². The van der Waals surface area contributed by atoms with E-state index in [1.807, 2.05) is 24.9 Å². The average molecular weight is 804 g/mol. The van der Waals surface area contributed by atoms with E-state index in [4.69, 9.17) is 23.9 Å². The molecule has 3 aromatic carbocycles. The molecule has 0 aliphatic carbocycles. The number of carbonyl (C=O) groups is 3. The van der Waals surface area contributed by atoms with Gasteiger partial charge in [-0.1, -0.05) is 37.3 Å². The molecule has 2 saturated heterocycles. The minimum Gasteiger partial charge on any atom is -0.488 e. The van der Waals surface area contributed by atoms with Gasteiger partial charge in [0.05, 0.1) is 56.0 Å². The molecule has 2 fully saturated rings. The van der Waals surface area contributed by atoms with Crippen molar-refractivity contribution < 1.29 is 33.3 Å². The topological polar surface area (TPSA) is 164 Å². The lowest BCUT2D eigenvalue weighted by molar-refractivity contribution is -0.136. The van der Waals surface area contributed by atoms with Gasteiger partial charge in [0.25, 0.3) is 0 Å². The van der Waals surface area contributed by atoms with Gasteiger partial charge in [0.2, 0.25) is 11.8 Å². The van der Waals surface area contributed by atoms with Gasteiger partial charge in [-0.3, -0.25) is 9.59 Å². The first-order valence-corrected chi connectivity index (χ1v) is 20.7. The van der Waals surface area contributed by atoms with Crippen LogP contribution in [0.4, 0.5) is 4.79 Å². The predicted octanol–water partition coefficient (Wildman–Crippen LogP) is 7.16. The highest BCUT2D eigenvalue weighted by molar-refractivity contribution is 5.98. The number of aromatic amines is 2. The van der Waals surface area contributed by atoms with E-state index in [0.717, 1.165) is 87.4 Å². The molecule has 14 nitrogen and oxygen atoms in total. The number of rotatable bonds is 13. The van der Waals surface area contributed by atoms with Crippen molar-refractivity contribution in [2.45, 2.75) is 83.7 Å². The van der Waals surface area contributed by atoms with E-state index in [-0.39, 0.29) is 36.4 Å². The van der Waals surface area contributed by atoms with Crippen LogP contribution in [0.25, 0.3) is 44.4 Å². The maximum Gasteiger partial charge on any atom is 0.407 e. The first-order chi connectivity index (χ1) is 28.7. The van der Waals surface area contributed by atoms with E-state index in [2.05, 4.69) is 68.8 Å². The Kier molecular flexibility index (Phi) is 12.0. The third kappa shape index (κ3) is 8.42. The number of aromatic nitrogens is 4. The molecule has 3 aliphatic rings. The zero-order chi connectivity index (χ0) is 41.0. The zero-order valence-corrected chi connectivity index (χ0v) is 34.2. The number of fused-ring (bicyclic) bond motifs is 5. The number of nitrogens with zero attached hydrogens (tertiary/aromatic N) is 4. The van der Waals surface area contributed by atoms with E-state index in [9.17, 15) is 14.4 Å². The molecule has 0 bridgehead atoms. The SMILES string of the molecule is CCCN(Cc1ncc(-c2ccc3c(c2)COc2c-3ccc3cc(-c4cnc([C@@H]5CCCN5C(=O)C[C@@H](C)OC)[nH]4)ccc23)[nH]1)C(=O)[C@@H](NC(=O)OC)C1CCOCC1. The van der Waals surface area contributed by atoms with Crippen molar-refractivity contribution in [3.63, 3.8) is 0 Å². The molecule has 0 unspecified atom stereocenters. The van der Waals surface area contributed by atoms with Gasteiger partial charge in [0.15, 0.2) is 0 Å². The van der Waals surface area contributed by atoms with Crippen LogP contribution in [0.3, 0.4) is 0 Å². The summed E-state index contributed by atoms with van der Waals surface area (Å²) in [6.07, 6.45) is 7.21. The summed E-state index contributed by atoms with van der Waals surface area (Å²) < 4.78 is 22.2. The number of hydrogen-bond donors (Lipinski definition) is 3. The van der Waals surface area contributed by atoms with Gasteiger partial charge in [-0.15, -0.1) is 0 Å². The van der Waals surface area contributed by atoms with Gasteiger partial charge in [0, 0.05) is 49.9 Å². The molecular formula is C45H53N7O7. The monoisotopic (exact) mass is 803 g/mol. The van der Waals surface area contributed by atoms with Crippen molar-refractivity contribution in [1.29, 1.82) is 0 Å². The molecule has 59 heavy (non-hydrogen) atoms. The quantitative estimate of drug-likeness (QED) is 0.112. The molecule has 310 valence electrons. The van der Waals surface area contributed by atoms with Crippen LogP contribution in [0.2, 0.25) is 0 Å². The molecule has 3 atom stereocenters. The number of hydrogen-bond acceptors (Lipinski definition) is 9. The van der Waals surface area contributed by atoms with Crippen LogP contribution in [0, 0.1) is 5.92 Å². The molecule has 2 aromatic heterocycles. The second kappa shape index (κ2) is 17.6. The van der Waals surface area contributed by atoms with Crippen molar-refractivity contribution in [2.75, 3.05) is 40.5 Å². The van der Waals surface area contributed by atoms with Gasteiger partial charge in [-0.05, 0) is 85.2 Å². The number of amides is 3. The zero-order valence-electron chi connectivity index (χ0n) is 34.2. The lowest BCUT2D eigenvalue weighted by Crippen LogP contribution is -2.53. The minimum absolute atomic E-state index is 0.0418. The Morgan fingerprint density at radius 1 is 0.966 bits per heavy atom. The van der Waals surface area contributed by atoms with E-state index in [1.165, 1.54) is 7.11 Å². The number of nitrogens with one attached hydrogen (secondary N) is 3. The average Bonchev–Trinajstić information content (AvgIpc) is 4.07. The van der Waals surface area contributed by atoms with Crippen molar-refractivity contribution in [3.05, 3.63) is 78.1 Å². The smallest absolute Gasteiger partial charge is 0.407 e. The number of H-pyrrole nitrogens is 2. The summed E-state index contributed by atoms with van der Waals surface area (Å²) in [6, 6.07) is 16.2. The van der Waals surface area contributed by atoms with Gasteiger partial charge in [0.1, 0.15) is 30.0 Å². The Morgan fingerprint density at radius 2 is 1.73 bits per heavy atom. The van der Waals surface area contributed by atoms with Gasteiger partial charge in [-0.2, -0.15) is 0 Å². The fourth-order valence-corrected chi connectivity index (χ4v) is 8.70. The summed E-state index contributed by atoms with van der Waals surface area (Å²) in [6.45, 7) is 6.99. The van der Waals surface area contributed by atoms with Crippen LogP contribution in [0.15, 0.2) is 60.9 Å². The molecular weight excluding hydrogens is 751 g/mol. The van der Waals surface area contributed by atoms with Gasteiger partial charge in [-0.25, -0.2) is 14.8 Å².